The SMILES string of the molecule is CC(C)(C)OC(=O)N1CCN(Cc2ccc(COc3cccc4c3CN(C3CCC(=O)NC3=O)C4=O)cc2)CC1. The third-order valence-electron chi connectivity index (χ3n) is 7.39. The van der Waals surface area contributed by atoms with Crippen LogP contribution < -0.4 is 10.1 Å². The number of fused-ring (bicyclic) bond motifs is 1. The Morgan fingerprint density at radius 1 is 0.975 bits per heavy atom. The van der Waals surface area contributed by atoms with Crippen LogP contribution in [0.25, 0.3) is 0 Å². The first-order valence-corrected chi connectivity index (χ1v) is 13.7. The lowest BCUT2D eigenvalue weighted by Crippen LogP contribution is -2.52. The van der Waals surface area contributed by atoms with E-state index in [1.54, 1.807) is 17.0 Å². The van der Waals surface area contributed by atoms with E-state index >= 15 is 0 Å². The highest BCUT2D eigenvalue weighted by Crippen LogP contribution is 2.34. The topological polar surface area (TPSA) is 108 Å². The first-order valence-electron chi connectivity index (χ1n) is 13.7. The number of hydrogen-bond acceptors (Lipinski definition) is 7. The quantitative estimate of drug-likeness (QED) is 0.553. The Bertz CT molecular complexity index is 1290. The maximum atomic E-state index is 13.0. The van der Waals surface area contributed by atoms with Crippen molar-refractivity contribution in [2.24, 2.45) is 0 Å². The summed E-state index contributed by atoms with van der Waals surface area (Å²) in [7, 11) is 0. The molecule has 5 rings (SSSR count). The Morgan fingerprint density at radius 2 is 1.68 bits per heavy atom. The van der Waals surface area contributed by atoms with Crippen LogP contribution in [-0.4, -0.2) is 76.3 Å². The molecule has 0 spiro atoms. The first kappa shape index (κ1) is 27.6. The van der Waals surface area contributed by atoms with E-state index in [0.717, 1.165) is 30.8 Å². The van der Waals surface area contributed by atoms with Crippen LogP contribution in [0, 0.1) is 0 Å². The normalized spacial score (nSPS) is 19.9. The van der Waals surface area contributed by atoms with Gasteiger partial charge in [0, 0.05) is 50.3 Å². The molecule has 10 heteroatoms. The summed E-state index contributed by atoms with van der Waals surface area (Å²) in [5, 5.41) is 2.33. The van der Waals surface area contributed by atoms with E-state index in [0.29, 0.717) is 37.4 Å². The van der Waals surface area contributed by atoms with E-state index in [4.69, 9.17) is 9.47 Å². The second-order valence-electron chi connectivity index (χ2n) is 11.5. The molecule has 2 aromatic rings. The van der Waals surface area contributed by atoms with E-state index in [1.807, 2.05) is 39.0 Å². The third-order valence-corrected chi connectivity index (χ3v) is 7.39. The molecular formula is C30H36N4O6. The number of rotatable bonds is 6. The Morgan fingerprint density at radius 3 is 2.35 bits per heavy atom. The maximum Gasteiger partial charge on any atom is 0.410 e. The van der Waals surface area contributed by atoms with Crippen molar-refractivity contribution >= 4 is 23.8 Å². The van der Waals surface area contributed by atoms with Gasteiger partial charge in [0.1, 0.15) is 24.0 Å². The van der Waals surface area contributed by atoms with Crippen LogP contribution in [0.15, 0.2) is 42.5 Å². The predicted molar refractivity (Wildman–Crippen MR) is 146 cm³/mol. The predicted octanol–water partition coefficient (Wildman–Crippen LogP) is 3.08. The van der Waals surface area contributed by atoms with E-state index in [9.17, 15) is 19.2 Å². The molecule has 0 aliphatic carbocycles. The number of piperidine rings is 1. The molecule has 0 bridgehead atoms. The van der Waals surface area contributed by atoms with E-state index in [1.165, 1.54) is 10.5 Å². The van der Waals surface area contributed by atoms with Crippen LogP contribution in [0.3, 0.4) is 0 Å². The fourth-order valence-electron chi connectivity index (χ4n) is 5.27. The van der Waals surface area contributed by atoms with Gasteiger partial charge in [0.2, 0.25) is 11.8 Å². The summed E-state index contributed by atoms with van der Waals surface area (Å²) >= 11 is 0. The van der Waals surface area contributed by atoms with Crippen LogP contribution in [0.5, 0.6) is 5.75 Å². The molecule has 1 unspecified atom stereocenters. The van der Waals surface area contributed by atoms with Gasteiger partial charge in [0.05, 0.1) is 6.54 Å². The summed E-state index contributed by atoms with van der Waals surface area (Å²) in [4.78, 5) is 54.8. The van der Waals surface area contributed by atoms with E-state index in [2.05, 4.69) is 22.3 Å². The van der Waals surface area contributed by atoms with Crippen LogP contribution >= 0.6 is 0 Å². The zero-order valence-electron chi connectivity index (χ0n) is 23.3. The molecule has 10 nitrogen and oxygen atoms in total. The second-order valence-corrected chi connectivity index (χ2v) is 11.5. The van der Waals surface area contributed by atoms with Gasteiger partial charge in [0.25, 0.3) is 5.91 Å². The molecular weight excluding hydrogens is 512 g/mol. The van der Waals surface area contributed by atoms with Crippen molar-refractivity contribution in [1.82, 2.24) is 20.0 Å². The summed E-state index contributed by atoms with van der Waals surface area (Å²) in [5.74, 6) is -0.329. The molecule has 0 saturated carbocycles. The highest BCUT2D eigenvalue weighted by Gasteiger charge is 2.40. The van der Waals surface area contributed by atoms with Crippen LogP contribution in [0.1, 0.15) is 60.7 Å². The number of ether oxygens (including phenoxy) is 2. The molecule has 212 valence electrons. The Labute approximate surface area is 234 Å². The second kappa shape index (κ2) is 11.3. The highest BCUT2D eigenvalue weighted by atomic mass is 16.6. The van der Waals surface area contributed by atoms with Crippen molar-refractivity contribution in [2.75, 3.05) is 26.2 Å². The monoisotopic (exact) mass is 548 g/mol. The molecule has 3 aliphatic heterocycles. The molecule has 0 aromatic heterocycles. The summed E-state index contributed by atoms with van der Waals surface area (Å²) in [5.41, 5.74) is 2.99. The maximum absolute atomic E-state index is 13.0. The fourth-order valence-corrected chi connectivity index (χ4v) is 5.27. The zero-order valence-corrected chi connectivity index (χ0v) is 23.3. The summed E-state index contributed by atoms with van der Waals surface area (Å²) < 4.78 is 11.6. The van der Waals surface area contributed by atoms with Crippen LogP contribution in [0.4, 0.5) is 4.79 Å². The minimum atomic E-state index is -0.654. The van der Waals surface area contributed by atoms with Crippen molar-refractivity contribution in [1.29, 1.82) is 0 Å². The van der Waals surface area contributed by atoms with Gasteiger partial charge < -0.3 is 19.3 Å². The molecule has 40 heavy (non-hydrogen) atoms. The first-order chi connectivity index (χ1) is 19.1. The van der Waals surface area contributed by atoms with Crippen molar-refractivity contribution in [3.05, 3.63) is 64.7 Å². The smallest absolute Gasteiger partial charge is 0.410 e. The van der Waals surface area contributed by atoms with Crippen LogP contribution in [-0.2, 0) is 34.0 Å². The lowest BCUT2D eigenvalue weighted by Gasteiger charge is -2.35. The van der Waals surface area contributed by atoms with Crippen molar-refractivity contribution < 1.29 is 28.7 Å². The van der Waals surface area contributed by atoms with Gasteiger partial charge in [-0.05, 0) is 50.5 Å². The molecule has 2 aromatic carbocycles. The van der Waals surface area contributed by atoms with Gasteiger partial charge in [-0.1, -0.05) is 30.3 Å². The molecule has 1 N–H and O–H groups in total. The number of carbonyl (C=O) groups excluding carboxylic acids is 4. The Kier molecular flexibility index (Phi) is 7.80. The Balaban J connectivity index is 1.13. The number of piperazine rings is 1. The number of nitrogens with one attached hydrogen (secondary N) is 1. The fraction of sp³-hybridized carbons (Fsp3) is 0.467. The summed E-state index contributed by atoms with van der Waals surface area (Å²) in [6.07, 6.45) is 0.290. The summed E-state index contributed by atoms with van der Waals surface area (Å²) in [6.45, 7) is 9.91. The van der Waals surface area contributed by atoms with Crippen molar-refractivity contribution in [2.45, 2.75) is 65.0 Å². The molecule has 2 saturated heterocycles. The molecule has 3 aliphatic rings. The molecule has 4 amide bonds. The minimum absolute atomic E-state index is 0.216. The average Bonchev–Trinajstić information content (AvgIpc) is 3.24. The van der Waals surface area contributed by atoms with Gasteiger partial charge in [-0.3, -0.25) is 24.6 Å². The number of imide groups is 1. The van der Waals surface area contributed by atoms with Crippen LogP contribution in [0.2, 0.25) is 0 Å². The third kappa shape index (κ3) is 6.28. The number of nitrogens with zero attached hydrogens (tertiary/aromatic N) is 3. The minimum Gasteiger partial charge on any atom is -0.489 e. The summed E-state index contributed by atoms with van der Waals surface area (Å²) in [6, 6.07) is 13.0. The number of amides is 4. The van der Waals surface area contributed by atoms with Gasteiger partial charge in [0.15, 0.2) is 0 Å². The van der Waals surface area contributed by atoms with Crippen molar-refractivity contribution in [3.63, 3.8) is 0 Å². The molecule has 3 heterocycles. The largest absolute Gasteiger partial charge is 0.489 e. The van der Waals surface area contributed by atoms with Gasteiger partial charge >= 0.3 is 6.09 Å². The van der Waals surface area contributed by atoms with E-state index < -0.39 is 17.6 Å². The Hall–Kier alpha value is -3.92. The number of benzene rings is 2. The highest BCUT2D eigenvalue weighted by molar-refractivity contribution is 6.05. The molecule has 1 atom stereocenters. The van der Waals surface area contributed by atoms with Gasteiger partial charge in [-0.15, -0.1) is 0 Å². The standard InChI is InChI=1S/C30H36N4O6/c1-30(2,3)40-29(38)33-15-13-32(14-16-33)17-20-7-9-21(10-8-20)19-39-25-6-4-5-22-23(25)18-34(28(22)37)24-11-12-26(35)31-27(24)36/h4-10,24H,11-19H2,1-3H3,(H,31,35,36). The van der Waals surface area contributed by atoms with E-state index in [-0.39, 0.29) is 30.9 Å². The lowest BCUT2D eigenvalue weighted by molar-refractivity contribution is -0.136. The van der Waals surface area contributed by atoms with Gasteiger partial charge in [-0.2, -0.15) is 0 Å². The molecule has 2 fully saturated rings. The average molecular weight is 549 g/mol. The lowest BCUT2D eigenvalue weighted by atomic mass is 10.0. The zero-order chi connectivity index (χ0) is 28.4. The molecule has 0 radical (unpaired) electrons. The van der Waals surface area contributed by atoms with Gasteiger partial charge in [-0.25, -0.2) is 4.79 Å². The number of carbonyl (C=O) groups is 4. The van der Waals surface area contributed by atoms with Crippen molar-refractivity contribution in [3.8, 4) is 5.75 Å². The number of hydrogen-bond donors (Lipinski definition) is 1.